The fourth-order valence-electron chi connectivity index (χ4n) is 2.85. The molecule has 8 nitrogen and oxygen atoms in total. The lowest BCUT2D eigenvalue weighted by Crippen LogP contribution is -2.33. The Balaban J connectivity index is 1.96. The van der Waals surface area contributed by atoms with Gasteiger partial charge in [0.05, 0.1) is 0 Å². The Morgan fingerprint density at radius 3 is 2.70 bits per heavy atom. The van der Waals surface area contributed by atoms with Gasteiger partial charge in [-0.25, -0.2) is 13.4 Å². The smallest absolute Gasteiger partial charge is 0.326 e. The van der Waals surface area contributed by atoms with E-state index in [1.165, 1.54) is 6.07 Å². The van der Waals surface area contributed by atoms with Crippen LogP contribution in [0.3, 0.4) is 0 Å². The quantitative estimate of drug-likeness (QED) is 0.684. The summed E-state index contributed by atoms with van der Waals surface area (Å²) in [6.07, 6.45) is 0.888. The van der Waals surface area contributed by atoms with E-state index >= 15 is 0 Å². The molecule has 0 bridgehead atoms. The average molecular weight is 344 g/mol. The van der Waals surface area contributed by atoms with Crippen LogP contribution in [0.15, 0.2) is 12.1 Å². The van der Waals surface area contributed by atoms with E-state index in [0.29, 0.717) is 9.99 Å². The van der Waals surface area contributed by atoms with E-state index < -0.39 is 39.9 Å². The van der Waals surface area contributed by atoms with Gasteiger partial charge in [0.1, 0.15) is 18.0 Å². The molecule has 2 aliphatic rings. The predicted molar refractivity (Wildman–Crippen MR) is 82.2 cm³/mol. The minimum absolute atomic E-state index is 0.165. The molecule has 2 aliphatic heterocycles. The van der Waals surface area contributed by atoms with Crippen molar-refractivity contribution in [1.82, 2.24) is 10.0 Å². The summed E-state index contributed by atoms with van der Waals surface area (Å²) in [7, 11) is -2.39. The molecule has 0 spiro atoms. The fourth-order valence-corrected chi connectivity index (χ4v) is 4.02. The van der Waals surface area contributed by atoms with Gasteiger partial charge in [-0.1, -0.05) is 0 Å². The highest BCUT2D eigenvalue weighted by Gasteiger charge is 2.37. The molecule has 126 valence electrons. The van der Waals surface area contributed by atoms with Crippen molar-refractivity contribution in [2.45, 2.75) is 12.5 Å². The topological polar surface area (TPSA) is 102 Å². The number of carbonyl (C=O) groups excluding carboxylic acids is 1. The van der Waals surface area contributed by atoms with Crippen molar-refractivity contribution in [2.75, 3.05) is 35.9 Å². The second-order valence-electron chi connectivity index (χ2n) is 5.59. The van der Waals surface area contributed by atoms with E-state index in [2.05, 4.69) is 5.32 Å². The molecule has 3 N–H and O–H groups in total. The molecular formula is C13H17FN4O4S. The van der Waals surface area contributed by atoms with E-state index in [-0.39, 0.29) is 6.04 Å². The molecule has 0 aliphatic carbocycles. The van der Waals surface area contributed by atoms with Gasteiger partial charge in [-0.3, -0.25) is 4.79 Å². The lowest BCUT2D eigenvalue weighted by atomic mass is 10.1. The third-order valence-corrected chi connectivity index (χ3v) is 5.46. The zero-order chi connectivity index (χ0) is 16.8. The van der Waals surface area contributed by atoms with Gasteiger partial charge in [-0.2, -0.15) is 8.42 Å². The van der Waals surface area contributed by atoms with Crippen molar-refractivity contribution < 1.29 is 22.7 Å². The summed E-state index contributed by atoms with van der Waals surface area (Å²) in [5, 5.41) is 13.3. The number of amides is 1. The van der Waals surface area contributed by atoms with Crippen LogP contribution in [0.4, 0.5) is 15.8 Å². The molecule has 1 amide bonds. The maximum absolute atomic E-state index is 14.4. The SMILES string of the molecule is CN(c1cc(O)c(N2CC(=O)NS2(=O)=O)c(F)c1)C1CCNC1. The number of rotatable bonds is 3. The minimum atomic E-state index is -4.17. The van der Waals surface area contributed by atoms with Crippen molar-refractivity contribution >= 4 is 27.5 Å². The van der Waals surface area contributed by atoms with E-state index in [1.807, 2.05) is 4.90 Å². The fraction of sp³-hybridized carbons (Fsp3) is 0.462. The summed E-state index contributed by atoms with van der Waals surface area (Å²) >= 11 is 0. The molecule has 0 saturated carbocycles. The summed E-state index contributed by atoms with van der Waals surface area (Å²) in [4.78, 5) is 13.1. The second-order valence-corrected chi connectivity index (χ2v) is 7.18. The van der Waals surface area contributed by atoms with Gasteiger partial charge in [0.2, 0.25) is 0 Å². The van der Waals surface area contributed by atoms with Gasteiger partial charge in [0, 0.05) is 31.4 Å². The zero-order valence-corrected chi connectivity index (χ0v) is 13.2. The first-order valence-corrected chi connectivity index (χ1v) is 8.53. The Bertz CT molecular complexity index is 725. The van der Waals surface area contributed by atoms with Gasteiger partial charge >= 0.3 is 10.2 Å². The number of carbonyl (C=O) groups is 1. The molecule has 1 atom stereocenters. The number of nitrogens with one attached hydrogen (secondary N) is 2. The van der Waals surface area contributed by atoms with E-state index in [4.69, 9.17) is 0 Å². The van der Waals surface area contributed by atoms with Gasteiger partial charge in [-0.15, -0.1) is 0 Å². The number of phenolic OH excluding ortho intramolecular Hbond substituents is 1. The first-order chi connectivity index (χ1) is 10.8. The molecule has 10 heteroatoms. The van der Waals surface area contributed by atoms with Crippen molar-refractivity contribution in [3.05, 3.63) is 17.9 Å². The predicted octanol–water partition coefficient (Wildman–Crippen LogP) is -0.490. The molecule has 1 unspecified atom stereocenters. The molecule has 1 aromatic rings. The molecule has 2 saturated heterocycles. The van der Waals surface area contributed by atoms with E-state index in [0.717, 1.165) is 25.6 Å². The van der Waals surface area contributed by atoms with E-state index in [9.17, 15) is 22.7 Å². The number of phenols is 1. The molecule has 2 heterocycles. The standard InChI is InChI=1S/C13H17FN4O4S/c1-17(8-2-3-15-6-8)9-4-10(14)13(11(19)5-9)18-7-12(20)16-23(18,21)22/h4-5,8,15,19H,2-3,6-7H2,1H3,(H,16,20). The van der Waals surface area contributed by atoms with Crippen LogP contribution in [-0.2, 0) is 15.0 Å². The van der Waals surface area contributed by atoms with E-state index in [1.54, 1.807) is 11.8 Å². The Labute approximate surface area is 133 Å². The highest BCUT2D eigenvalue weighted by molar-refractivity contribution is 7.92. The summed E-state index contributed by atoms with van der Waals surface area (Å²) in [6, 6.07) is 2.62. The number of halogens is 1. The molecule has 0 aromatic heterocycles. The number of anilines is 2. The molecule has 23 heavy (non-hydrogen) atoms. The monoisotopic (exact) mass is 344 g/mol. The molecule has 1 aromatic carbocycles. The first kappa shape index (κ1) is 15.8. The second kappa shape index (κ2) is 5.53. The number of likely N-dealkylation sites (N-methyl/N-ethyl adjacent to an activating group) is 1. The third kappa shape index (κ3) is 2.79. The maximum Gasteiger partial charge on any atom is 0.326 e. The normalized spacial score (nSPS) is 23.1. The van der Waals surface area contributed by atoms with Crippen LogP contribution in [0.2, 0.25) is 0 Å². The Morgan fingerprint density at radius 1 is 1.43 bits per heavy atom. The lowest BCUT2D eigenvalue weighted by molar-refractivity contribution is -0.117. The van der Waals surface area contributed by atoms with Gasteiger partial charge in [-0.05, 0) is 19.0 Å². The first-order valence-electron chi connectivity index (χ1n) is 7.09. The average Bonchev–Trinajstić information content (AvgIpc) is 3.05. The molecular weight excluding hydrogens is 327 g/mol. The Morgan fingerprint density at radius 2 is 2.17 bits per heavy atom. The van der Waals surface area contributed by atoms with Crippen LogP contribution in [-0.4, -0.2) is 52.2 Å². The van der Waals surface area contributed by atoms with Crippen LogP contribution >= 0.6 is 0 Å². The van der Waals surface area contributed by atoms with Crippen LogP contribution in [0.1, 0.15) is 6.42 Å². The highest BCUT2D eigenvalue weighted by Crippen LogP contribution is 2.37. The molecule has 3 rings (SSSR count). The van der Waals surface area contributed by atoms with Crippen molar-refractivity contribution in [2.24, 2.45) is 0 Å². The van der Waals surface area contributed by atoms with Crippen LogP contribution in [0.25, 0.3) is 0 Å². The van der Waals surface area contributed by atoms with Gasteiger partial charge in [0.15, 0.2) is 5.82 Å². The molecule has 0 radical (unpaired) electrons. The van der Waals surface area contributed by atoms with Crippen LogP contribution in [0, 0.1) is 5.82 Å². The number of aromatic hydroxyl groups is 1. The number of benzene rings is 1. The van der Waals surface area contributed by atoms with Crippen molar-refractivity contribution in [3.8, 4) is 5.75 Å². The summed E-state index contributed by atoms with van der Waals surface area (Å²) in [5.74, 6) is -2.21. The third-order valence-electron chi connectivity index (χ3n) is 4.09. The summed E-state index contributed by atoms with van der Waals surface area (Å²) in [5.41, 5.74) is -0.0848. The summed E-state index contributed by atoms with van der Waals surface area (Å²) < 4.78 is 40.3. The highest BCUT2D eigenvalue weighted by atomic mass is 32.2. The summed E-state index contributed by atoms with van der Waals surface area (Å²) in [6.45, 7) is 1.05. The minimum Gasteiger partial charge on any atom is -0.506 e. The lowest BCUT2D eigenvalue weighted by Gasteiger charge is -2.27. The van der Waals surface area contributed by atoms with Gasteiger partial charge < -0.3 is 15.3 Å². The van der Waals surface area contributed by atoms with Crippen molar-refractivity contribution in [3.63, 3.8) is 0 Å². The largest absolute Gasteiger partial charge is 0.506 e. The van der Waals surface area contributed by atoms with Gasteiger partial charge in [0.25, 0.3) is 5.91 Å². The number of hydrogen-bond donors (Lipinski definition) is 3. The van der Waals surface area contributed by atoms with Crippen molar-refractivity contribution in [1.29, 1.82) is 0 Å². The maximum atomic E-state index is 14.4. The Kier molecular flexibility index (Phi) is 3.80. The number of nitrogens with zero attached hydrogens (tertiary/aromatic N) is 2. The zero-order valence-electron chi connectivity index (χ0n) is 12.4. The van der Waals surface area contributed by atoms with Crippen LogP contribution in [0.5, 0.6) is 5.75 Å². The number of hydrogen-bond acceptors (Lipinski definition) is 6. The van der Waals surface area contributed by atoms with Crippen LogP contribution < -0.4 is 19.2 Å². The molecule has 2 fully saturated rings. The Hall–Kier alpha value is -2.07.